The molecule has 29 heavy (non-hydrogen) atoms. The van der Waals surface area contributed by atoms with Gasteiger partial charge in [0.1, 0.15) is 0 Å². The van der Waals surface area contributed by atoms with E-state index < -0.39 is 0 Å². The van der Waals surface area contributed by atoms with Gasteiger partial charge in [-0.05, 0) is 73.2 Å². The minimum atomic E-state index is -0.317. The summed E-state index contributed by atoms with van der Waals surface area (Å²) in [6.45, 7) is 1.85. The minimum Gasteiger partial charge on any atom is -0.322 e. The Kier molecular flexibility index (Phi) is 5.68. The van der Waals surface area contributed by atoms with E-state index in [9.17, 15) is 9.59 Å². The summed E-state index contributed by atoms with van der Waals surface area (Å²) < 4.78 is 0. The molecule has 0 spiro atoms. The van der Waals surface area contributed by atoms with Crippen LogP contribution in [0, 0.1) is 29.6 Å². The van der Waals surface area contributed by atoms with Gasteiger partial charge in [0.2, 0.25) is 0 Å². The Hall–Kier alpha value is -4.42. The van der Waals surface area contributed by atoms with E-state index in [4.69, 9.17) is 10.5 Å². The first-order valence-electron chi connectivity index (χ1n) is 8.74. The molecule has 6 nitrogen and oxygen atoms in total. The van der Waals surface area contributed by atoms with Gasteiger partial charge in [0.05, 0.1) is 23.3 Å². The number of nitrogens with zero attached hydrogens (tertiary/aromatic N) is 2. The summed E-state index contributed by atoms with van der Waals surface area (Å²) in [7, 11) is 0. The van der Waals surface area contributed by atoms with E-state index in [-0.39, 0.29) is 11.8 Å². The Morgan fingerprint density at radius 3 is 1.69 bits per heavy atom. The van der Waals surface area contributed by atoms with Gasteiger partial charge in [-0.3, -0.25) is 9.59 Å². The van der Waals surface area contributed by atoms with Crippen LogP contribution in [0.15, 0.2) is 66.7 Å². The Bertz CT molecular complexity index is 1150. The van der Waals surface area contributed by atoms with Crippen molar-refractivity contribution in [3.8, 4) is 12.1 Å². The summed E-state index contributed by atoms with van der Waals surface area (Å²) in [5.74, 6) is -0.629. The van der Waals surface area contributed by atoms with Crippen LogP contribution < -0.4 is 10.6 Å². The molecule has 3 aromatic carbocycles. The number of carbonyl (C=O) groups excluding carboxylic acids is 2. The zero-order valence-electron chi connectivity index (χ0n) is 15.6. The normalized spacial score (nSPS) is 9.76. The summed E-state index contributed by atoms with van der Waals surface area (Å²) in [5.41, 5.74) is 3.73. The monoisotopic (exact) mass is 380 g/mol. The van der Waals surface area contributed by atoms with Crippen molar-refractivity contribution in [3.63, 3.8) is 0 Å². The van der Waals surface area contributed by atoms with Crippen LogP contribution in [-0.2, 0) is 0 Å². The van der Waals surface area contributed by atoms with Crippen LogP contribution in [0.3, 0.4) is 0 Å². The Labute approximate surface area is 168 Å². The van der Waals surface area contributed by atoms with Gasteiger partial charge in [0.25, 0.3) is 11.8 Å². The maximum Gasteiger partial charge on any atom is 0.255 e. The van der Waals surface area contributed by atoms with Crippen LogP contribution in [0.5, 0.6) is 0 Å². The number of carbonyl (C=O) groups is 2. The van der Waals surface area contributed by atoms with Crippen molar-refractivity contribution >= 4 is 23.2 Å². The van der Waals surface area contributed by atoms with Crippen molar-refractivity contribution in [2.45, 2.75) is 6.92 Å². The molecule has 0 radical (unpaired) electrons. The maximum absolute atomic E-state index is 12.5. The average Bonchev–Trinajstić information content (AvgIpc) is 2.76. The number of amides is 2. The minimum absolute atomic E-state index is 0.312. The quantitative estimate of drug-likeness (QED) is 0.706. The van der Waals surface area contributed by atoms with E-state index >= 15 is 0 Å². The Morgan fingerprint density at radius 2 is 1.21 bits per heavy atom. The first-order valence-corrected chi connectivity index (χ1v) is 8.74. The van der Waals surface area contributed by atoms with E-state index in [1.54, 1.807) is 66.7 Å². The molecule has 0 saturated carbocycles. The summed E-state index contributed by atoms with van der Waals surface area (Å²) in [6.07, 6.45) is 0. The van der Waals surface area contributed by atoms with E-state index in [1.807, 2.05) is 19.1 Å². The lowest BCUT2D eigenvalue weighted by molar-refractivity contribution is 0.101. The van der Waals surface area contributed by atoms with Crippen molar-refractivity contribution in [2.75, 3.05) is 10.6 Å². The Morgan fingerprint density at radius 1 is 0.724 bits per heavy atom. The third-order valence-electron chi connectivity index (χ3n) is 4.30. The SMILES string of the molecule is Cc1ccc(NC(=O)c2ccc(C#N)cc2)cc1NC(=O)c1ccc(C#N)cc1. The second-order valence-corrected chi connectivity index (χ2v) is 6.32. The van der Waals surface area contributed by atoms with Gasteiger partial charge in [0, 0.05) is 22.5 Å². The largest absolute Gasteiger partial charge is 0.322 e. The first-order chi connectivity index (χ1) is 14.0. The molecule has 0 aliphatic rings. The van der Waals surface area contributed by atoms with Gasteiger partial charge in [-0.15, -0.1) is 0 Å². The van der Waals surface area contributed by atoms with Crippen LogP contribution in [-0.4, -0.2) is 11.8 Å². The fourth-order valence-electron chi connectivity index (χ4n) is 2.62. The number of nitriles is 2. The maximum atomic E-state index is 12.5. The molecule has 0 bridgehead atoms. The average molecular weight is 380 g/mol. The summed E-state index contributed by atoms with van der Waals surface area (Å²) >= 11 is 0. The van der Waals surface area contributed by atoms with Gasteiger partial charge in [-0.2, -0.15) is 10.5 Å². The third kappa shape index (κ3) is 4.65. The molecule has 140 valence electrons. The standard InChI is InChI=1S/C23H16N4O2/c1-15-2-11-20(26-22(28)18-7-3-16(13-24)4-8-18)12-21(15)27-23(29)19-9-5-17(14-25)6-10-19/h2-12H,1H3,(H,26,28)(H,27,29). The summed E-state index contributed by atoms with van der Waals surface area (Å²) in [5, 5.41) is 23.3. The van der Waals surface area contributed by atoms with Crippen LogP contribution in [0.4, 0.5) is 11.4 Å². The van der Waals surface area contributed by atoms with Gasteiger partial charge < -0.3 is 10.6 Å². The predicted octanol–water partition coefficient (Wildman–Crippen LogP) is 4.24. The van der Waals surface area contributed by atoms with E-state index in [0.717, 1.165) is 5.56 Å². The molecule has 0 aliphatic carbocycles. The number of nitrogens with one attached hydrogen (secondary N) is 2. The van der Waals surface area contributed by atoms with Gasteiger partial charge in [-0.1, -0.05) is 6.07 Å². The number of benzene rings is 3. The highest BCUT2D eigenvalue weighted by atomic mass is 16.2. The lowest BCUT2D eigenvalue weighted by Crippen LogP contribution is -2.14. The first kappa shape index (κ1) is 19.3. The van der Waals surface area contributed by atoms with Crippen molar-refractivity contribution in [2.24, 2.45) is 0 Å². The summed E-state index contributed by atoms with van der Waals surface area (Å²) in [6, 6.07) is 21.9. The molecule has 6 heteroatoms. The van der Waals surface area contributed by atoms with Gasteiger partial charge in [-0.25, -0.2) is 0 Å². The molecule has 2 amide bonds. The molecule has 0 atom stereocenters. The van der Waals surface area contributed by atoms with Crippen LogP contribution in [0.1, 0.15) is 37.4 Å². The molecule has 0 unspecified atom stereocenters. The molecular formula is C23H16N4O2. The highest BCUT2D eigenvalue weighted by Crippen LogP contribution is 2.22. The smallest absolute Gasteiger partial charge is 0.255 e. The van der Waals surface area contributed by atoms with Crippen LogP contribution >= 0.6 is 0 Å². The van der Waals surface area contributed by atoms with Gasteiger partial charge >= 0.3 is 0 Å². The van der Waals surface area contributed by atoms with E-state index in [0.29, 0.717) is 33.6 Å². The zero-order valence-corrected chi connectivity index (χ0v) is 15.6. The second-order valence-electron chi connectivity index (χ2n) is 6.32. The molecule has 0 aliphatic heterocycles. The topological polar surface area (TPSA) is 106 Å². The van der Waals surface area contributed by atoms with Crippen LogP contribution in [0.2, 0.25) is 0 Å². The molecule has 3 rings (SSSR count). The molecule has 2 N–H and O–H groups in total. The predicted molar refractivity (Wildman–Crippen MR) is 109 cm³/mol. The lowest BCUT2D eigenvalue weighted by Gasteiger charge is -2.12. The number of rotatable bonds is 4. The third-order valence-corrected chi connectivity index (χ3v) is 4.30. The zero-order chi connectivity index (χ0) is 20.8. The highest BCUT2D eigenvalue weighted by Gasteiger charge is 2.11. The molecular weight excluding hydrogens is 364 g/mol. The Balaban J connectivity index is 1.75. The fourth-order valence-corrected chi connectivity index (χ4v) is 2.62. The van der Waals surface area contributed by atoms with Crippen molar-refractivity contribution < 1.29 is 9.59 Å². The van der Waals surface area contributed by atoms with E-state index in [2.05, 4.69) is 10.6 Å². The molecule has 0 aromatic heterocycles. The number of aryl methyl sites for hydroxylation is 1. The van der Waals surface area contributed by atoms with Crippen molar-refractivity contribution in [1.29, 1.82) is 10.5 Å². The highest BCUT2D eigenvalue weighted by molar-refractivity contribution is 6.06. The number of hydrogen-bond donors (Lipinski definition) is 2. The molecule has 0 fully saturated rings. The molecule has 0 saturated heterocycles. The van der Waals surface area contributed by atoms with Gasteiger partial charge in [0.15, 0.2) is 0 Å². The second kappa shape index (κ2) is 8.51. The molecule has 0 heterocycles. The number of hydrogen-bond acceptors (Lipinski definition) is 4. The fraction of sp³-hybridized carbons (Fsp3) is 0.0435. The lowest BCUT2D eigenvalue weighted by atomic mass is 10.1. The van der Waals surface area contributed by atoms with Crippen LogP contribution in [0.25, 0.3) is 0 Å². The van der Waals surface area contributed by atoms with E-state index in [1.165, 1.54) is 0 Å². The number of anilines is 2. The van der Waals surface area contributed by atoms with Crippen molar-refractivity contribution in [3.05, 3.63) is 94.5 Å². The molecule has 3 aromatic rings. The summed E-state index contributed by atoms with van der Waals surface area (Å²) in [4.78, 5) is 24.9. The van der Waals surface area contributed by atoms with Crippen molar-refractivity contribution in [1.82, 2.24) is 0 Å².